The number of hydrogen-bond donors (Lipinski definition) is 1. The minimum atomic E-state index is -0.326. The number of carbonyl (C=O) groups is 2. The minimum absolute atomic E-state index is 0.0117. The first-order chi connectivity index (χ1) is 12.4. The summed E-state index contributed by atoms with van der Waals surface area (Å²) in [5.41, 5.74) is 6.19. The van der Waals surface area contributed by atoms with E-state index in [1.807, 2.05) is 51.1 Å². The van der Waals surface area contributed by atoms with Crippen LogP contribution >= 0.6 is 0 Å². The summed E-state index contributed by atoms with van der Waals surface area (Å²) >= 11 is 0. The van der Waals surface area contributed by atoms with Crippen LogP contribution in [0, 0.1) is 26.7 Å². The van der Waals surface area contributed by atoms with Gasteiger partial charge in [-0.3, -0.25) is 9.59 Å². The van der Waals surface area contributed by atoms with Crippen molar-refractivity contribution in [1.29, 1.82) is 0 Å². The summed E-state index contributed by atoms with van der Waals surface area (Å²) in [6.45, 7) is 8.54. The number of anilines is 2. The first-order valence-corrected chi connectivity index (χ1v) is 9.17. The standard InChI is InChI=1S/C22H26N2O2/c1-5-17-8-6-7-15(3)21(17)23-22(26)18-12-20(25)24(13-18)19-10-9-14(2)11-16(19)4/h6-11,18H,5,12-13H2,1-4H3,(H,23,26). The first kappa shape index (κ1) is 18.2. The SMILES string of the molecule is CCc1cccc(C)c1NC(=O)C1CC(=O)N(c2ccc(C)cc2C)C1. The number of nitrogens with one attached hydrogen (secondary N) is 1. The van der Waals surface area contributed by atoms with Crippen LogP contribution in [-0.4, -0.2) is 18.4 Å². The molecule has 1 atom stereocenters. The molecule has 1 unspecified atom stereocenters. The highest BCUT2D eigenvalue weighted by Crippen LogP contribution is 2.30. The zero-order valence-corrected chi connectivity index (χ0v) is 15.9. The van der Waals surface area contributed by atoms with E-state index < -0.39 is 0 Å². The molecule has 4 heteroatoms. The fourth-order valence-corrected chi connectivity index (χ4v) is 3.65. The van der Waals surface area contributed by atoms with Gasteiger partial charge in [0.15, 0.2) is 0 Å². The van der Waals surface area contributed by atoms with Gasteiger partial charge < -0.3 is 10.2 Å². The summed E-state index contributed by atoms with van der Waals surface area (Å²) in [5.74, 6) is -0.389. The molecule has 4 nitrogen and oxygen atoms in total. The third kappa shape index (κ3) is 3.50. The highest BCUT2D eigenvalue weighted by Gasteiger charge is 2.35. The molecule has 0 spiro atoms. The molecule has 1 fully saturated rings. The molecule has 1 heterocycles. The van der Waals surface area contributed by atoms with E-state index in [0.29, 0.717) is 6.54 Å². The maximum absolute atomic E-state index is 12.8. The Hall–Kier alpha value is -2.62. The van der Waals surface area contributed by atoms with Gasteiger partial charge in [0, 0.05) is 24.3 Å². The van der Waals surface area contributed by atoms with Gasteiger partial charge in [-0.25, -0.2) is 0 Å². The highest BCUT2D eigenvalue weighted by molar-refractivity contribution is 6.04. The molecule has 26 heavy (non-hydrogen) atoms. The van der Waals surface area contributed by atoms with E-state index in [1.165, 1.54) is 5.56 Å². The van der Waals surface area contributed by atoms with Gasteiger partial charge in [-0.1, -0.05) is 42.8 Å². The fourth-order valence-electron chi connectivity index (χ4n) is 3.65. The van der Waals surface area contributed by atoms with Crippen LogP contribution in [0.15, 0.2) is 36.4 Å². The number of carbonyl (C=O) groups excluding carboxylic acids is 2. The monoisotopic (exact) mass is 350 g/mol. The Morgan fingerprint density at radius 2 is 1.92 bits per heavy atom. The second kappa shape index (κ2) is 7.32. The van der Waals surface area contributed by atoms with Crippen molar-refractivity contribution < 1.29 is 9.59 Å². The van der Waals surface area contributed by atoms with Crippen molar-refractivity contribution in [2.45, 2.75) is 40.5 Å². The molecular formula is C22H26N2O2. The number of para-hydroxylation sites is 1. The van der Waals surface area contributed by atoms with E-state index in [4.69, 9.17) is 0 Å². The fraction of sp³-hybridized carbons (Fsp3) is 0.364. The predicted molar refractivity (Wildman–Crippen MR) is 106 cm³/mol. The molecule has 3 rings (SSSR count). The smallest absolute Gasteiger partial charge is 0.229 e. The van der Waals surface area contributed by atoms with E-state index >= 15 is 0 Å². The molecule has 1 N–H and O–H groups in total. The van der Waals surface area contributed by atoms with Gasteiger partial charge in [-0.05, 0) is 49.9 Å². The van der Waals surface area contributed by atoms with E-state index in [-0.39, 0.29) is 24.2 Å². The summed E-state index contributed by atoms with van der Waals surface area (Å²) in [4.78, 5) is 27.1. The predicted octanol–water partition coefficient (Wildman–Crippen LogP) is 4.17. The van der Waals surface area contributed by atoms with Crippen LogP contribution < -0.4 is 10.2 Å². The molecule has 1 aliphatic heterocycles. The first-order valence-electron chi connectivity index (χ1n) is 9.17. The number of aryl methyl sites for hydroxylation is 4. The summed E-state index contributed by atoms with van der Waals surface area (Å²) in [5, 5.41) is 3.07. The minimum Gasteiger partial charge on any atom is -0.325 e. The number of amides is 2. The number of hydrogen-bond acceptors (Lipinski definition) is 2. The topological polar surface area (TPSA) is 49.4 Å². The Morgan fingerprint density at radius 3 is 2.62 bits per heavy atom. The van der Waals surface area contributed by atoms with E-state index in [2.05, 4.69) is 18.3 Å². The molecule has 1 aliphatic rings. The lowest BCUT2D eigenvalue weighted by Gasteiger charge is -2.20. The molecule has 2 aromatic rings. The van der Waals surface area contributed by atoms with Crippen LogP contribution in [0.3, 0.4) is 0 Å². The van der Waals surface area contributed by atoms with Crippen LogP contribution in [0.5, 0.6) is 0 Å². The third-order valence-electron chi connectivity index (χ3n) is 5.13. The van der Waals surface area contributed by atoms with Crippen molar-refractivity contribution in [1.82, 2.24) is 0 Å². The molecular weight excluding hydrogens is 324 g/mol. The van der Waals surface area contributed by atoms with E-state index in [1.54, 1.807) is 4.90 Å². The quantitative estimate of drug-likeness (QED) is 0.900. The average Bonchev–Trinajstić information content (AvgIpc) is 2.98. The summed E-state index contributed by atoms with van der Waals surface area (Å²) in [6, 6.07) is 12.1. The summed E-state index contributed by atoms with van der Waals surface area (Å²) in [7, 11) is 0. The lowest BCUT2D eigenvalue weighted by molar-refractivity contribution is -0.122. The Bertz CT molecular complexity index is 857. The molecule has 0 bridgehead atoms. The van der Waals surface area contributed by atoms with Gasteiger partial charge in [0.05, 0.1) is 5.92 Å². The summed E-state index contributed by atoms with van der Waals surface area (Å²) < 4.78 is 0. The third-order valence-corrected chi connectivity index (χ3v) is 5.13. The normalized spacial score (nSPS) is 16.8. The Morgan fingerprint density at radius 1 is 1.15 bits per heavy atom. The van der Waals surface area contributed by atoms with Gasteiger partial charge in [-0.15, -0.1) is 0 Å². The molecule has 2 amide bonds. The molecule has 2 aromatic carbocycles. The Kier molecular flexibility index (Phi) is 5.12. The molecule has 0 aliphatic carbocycles. The van der Waals surface area contributed by atoms with Crippen molar-refractivity contribution in [2.75, 3.05) is 16.8 Å². The van der Waals surface area contributed by atoms with Crippen molar-refractivity contribution in [2.24, 2.45) is 5.92 Å². The molecule has 0 radical (unpaired) electrons. The van der Waals surface area contributed by atoms with Gasteiger partial charge in [0.25, 0.3) is 0 Å². The number of rotatable bonds is 4. The maximum Gasteiger partial charge on any atom is 0.229 e. The Labute approximate surface area is 155 Å². The van der Waals surface area contributed by atoms with Crippen LogP contribution in [0.25, 0.3) is 0 Å². The molecule has 136 valence electrons. The van der Waals surface area contributed by atoms with Gasteiger partial charge >= 0.3 is 0 Å². The Balaban J connectivity index is 1.77. The van der Waals surface area contributed by atoms with Gasteiger partial charge in [0.1, 0.15) is 0 Å². The molecule has 0 saturated carbocycles. The molecule has 1 saturated heterocycles. The maximum atomic E-state index is 12.8. The van der Waals surface area contributed by atoms with Crippen molar-refractivity contribution in [3.8, 4) is 0 Å². The number of nitrogens with zero attached hydrogens (tertiary/aromatic N) is 1. The van der Waals surface area contributed by atoms with Gasteiger partial charge in [0.2, 0.25) is 11.8 Å². The second-order valence-corrected chi connectivity index (χ2v) is 7.15. The summed E-state index contributed by atoms with van der Waals surface area (Å²) in [6.07, 6.45) is 1.11. The van der Waals surface area contributed by atoms with Crippen molar-refractivity contribution in [3.05, 3.63) is 58.7 Å². The van der Waals surface area contributed by atoms with E-state index in [9.17, 15) is 9.59 Å². The van der Waals surface area contributed by atoms with Crippen molar-refractivity contribution >= 4 is 23.2 Å². The zero-order valence-electron chi connectivity index (χ0n) is 15.9. The van der Waals surface area contributed by atoms with Crippen LogP contribution in [0.4, 0.5) is 11.4 Å². The second-order valence-electron chi connectivity index (χ2n) is 7.15. The lowest BCUT2D eigenvalue weighted by atomic mass is 10.0. The van der Waals surface area contributed by atoms with Crippen molar-refractivity contribution in [3.63, 3.8) is 0 Å². The molecule has 0 aromatic heterocycles. The number of benzene rings is 2. The average molecular weight is 350 g/mol. The highest BCUT2D eigenvalue weighted by atomic mass is 16.2. The van der Waals surface area contributed by atoms with Crippen LogP contribution in [-0.2, 0) is 16.0 Å². The van der Waals surface area contributed by atoms with E-state index in [0.717, 1.165) is 34.5 Å². The zero-order chi connectivity index (χ0) is 18.8. The lowest BCUT2D eigenvalue weighted by Crippen LogP contribution is -2.29. The largest absolute Gasteiger partial charge is 0.325 e. The van der Waals surface area contributed by atoms with Gasteiger partial charge in [-0.2, -0.15) is 0 Å². The van der Waals surface area contributed by atoms with Crippen LogP contribution in [0.2, 0.25) is 0 Å². The van der Waals surface area contributed by atoms with Crippen LogP contribution in [0.1, 0.15) is 35.6 Å².